The van der Waals surface area contributed by atoms with Crippen molar-refractivity contribution in [2.45, 2.75) is 38.9 Å². The maximum absolute atomic E-state index is 10.8. The zero-order valence-electron chi connectivity index (χ0n) is 20.7. The summed E-state index contributed by atoms with van der Waals surface area (Å²) >= 11 is 12.2. The molecule has 1 aromatic carbocycles. The van der Waals surface area contributed by atoms with E-state index in [1.165, 1.54) is 11.4 Å². The lowest BCUT2D eigenvalue weighted by Crippen LogP contribution is -2.37. The summed E-state index contributed by atoms with van der Waals surface area (Å²) in [5, 5.41) is 15.3. The highest BCUT2D eigenvalue weighted by atomic mass is 35.5. The smallest absolute Gasteiger partial charge is 0.174 e. The Labute approximate surface area is 222 Å². The number of ether oxygens (including phenoxy) is 1. The highest BCUT2D eigenvalue weighted by Gasteiger charge is 2.43. The first-order valence-electron chi connectivity index (χ1n) is 12.4. The minimum absolute atomic E-state index is 0.134. The minimum atomic E-state index is -0.198. The predicted octanol–water partition coefficient (Wildman–Crippen LogP) is 4.76. The number of nitrogens with zero attached hydrogens (tertiary/aromatic N) is 4. The van der Waals surface area contributed by atoms with E-state index in [0.717, 1.165) is 57.1 Å². The third kappa shape index (κ3) is 4.95. The van der Waals surface area contributed by atoms with E-state index in [1.807, 2.05) is 23.1 Å². The number of pyridine rings is 1. The molecule has 190 valence electrons. The van der Waals surface area contributed by atoms with Crippen LogP contribution in [0.3, 0.4) is 0 Å². The second kappa shape index (κ2) is 10.8. The van der Waals surface area contributed by atoms with Gasteiger partial charge in [-0.05, 0) is 74.4 Å². The molecule has 2 fully saturated rings. The van der Waals surface area contributed by atoms with E-state index in [9.17, 15) is 5.11 Å². The van der Waals surface area contributed by atoms with Crippen LogP contribution >= 0.6 is 23.8 Å². The maximum Gasteiger partial charge on any atom is 0.174 e. The number of aromatic hydroxyl groups is 1. The molecular formula is C27H32ClN5O2S. The third-order valence-corrected chi connectivity index (χ3v) is 7.74. The summed E-state index contributed by atoms with van der Waals surface area (Å²) in [6, 6.07) is 12.8. The molecule has 2 aliphatic rings. The van der Waals surface area contributed by atoms with E-state index in [1.54, 1.807) is 24.4 Å². The van der Waals surface area contributed by atoms with Gasteiger partial charge in [0.05, 0.1) is 36.7 Å². The van der Waals surface area contributed by atoms with Crippen molar-refractivity contribution in [3.63, 3.8) is 0 Å². The summed E-state index contributed by atoms with van der Waals surface area (Å²) in [6.45, 7) is 9.98. The first-order valence-corrected chi connectivity index (χ1v) is 13.2. The first-order chi connectivity index (χ1) is 17.4. The molecule has 5 rings (SSSR count). The van der Waals surface area contributed by atoms with Gasteiger partial charge in [0.2, 0.25) is 0 Å². The Balaban J connectivity index is 1.50. The van der Waals surface area contributed by atoms with Crippen LogP contribution in [0.2, 0.25) is 5.02 Å². The van der Waals surface area contributed by atoms with E-state index >= 15 is 0 Å². The molecule has 0 radical (unpaired) electrons. The van der Waals surface area contributed by atoms with E-state index in [4.69, 9.17) is 28.6 Å². The summed E-state index contributed by atoms with van der Waals surface area (Å²) in [4.78, 5) is 9.09. The average molecular weight is 526 g/mol. The van der Waals surface area contributed by atoms with Crippen molar-refractivity contribution in [1.82, 2.24) is 19.8 Å². The van der Waals surface area contributed by atoms with Gasteiger partial charge in [-0.1, -0.05) is 17.7 Å². The van der Waals surface area contributed by atoms with Crippen LogP contribution < -0.4 is 10.2 Å². The average Bonchev–Trinajstić information content (AvgIpc) is 3.37. The van der Waals surface area contributed by atoms with Crippen molar-refractivity contribution in [2.75, 3.05) is 37.7 Å². The number of hydrogen-bond acceptors (Lipinski definition) is 5. The molecule has 2 aromatic heterocycles. The monoisotopic (exact) mass is 525 g/mol. The van der Waals surface area contributed by atoms with E-state index in [0.29, 0.717) is 15.8 Å². The Morgan fingerprint density at radius 2 is 1.94 bits per heavy atom. The van der Waals surface area contributed by atoms with Crippen LogP contribution in [-0.4, -0.2) is 57.5 Å². The summed E-state index contributed by atoms with van der Waals surface area (Å²) in [7, 11) is 0. The Kier molecular flexibility index (Phi) is 7.48. The van der Waals surface area contributed by atoms with E-state index < -0.39 is 0 Å². The Morgan fingerprint density at radius 3 is 2.69 bits per heavy atom. The van der Waals surface area contributed by atoms with Gasteiger partial charge in [0.25, 0.3) is 0 Å². The molecule has 3 aromatic rings. The van der Waals surface area contributed by atoms with Crippen LogP contribution in [0.15, 0.2) is 48.7 Å². The molecule has 0 spiro atoms. The quantitative estimate of drug-likeness (QED) is 0.431. The lowest BCUT2D eigenvalue weighted by atomic mass is 9.96. The number of thiocarbonyl (C=S) groups is 1. The number of anilines is 1. The summed E-state index contributed by atoms with van der Waals surface area (Å²) in [5.41, 5.74) is 5.03. The molecule has 0 amide bonds. The number of nitrogens with one attached hydrogen (secondary N) is 1. The molecule has 7 nitrogen and oxygen atoms in total. The fourth-order valence-electron chi connectivity index (χ4n) is 5.37. The van der Waals surface area contributed by atoms with Crippen molar-refractivity contribution >= 4 is 34.6 Å². The highest BCUT2D eigenvalue weighted by molar-refractivity contribution is 7.80. The number of aryl methyl sites for hydroxylation is 1. The van der Waals surface area contributed by atoms with Gasteiger partial charge in [0, 0.05) is 48.8 Å². The van der Waals surface area contributed by atoms with Gasteiger partial charge >= 0.3 is 0 Å². The zero-order chi connectivity index (χ0) is 25.2. The number of morpholine rings is 1. The van der Waals surface area contributed by atoms with Crippen molar-refractivity contribution in [2.24, 2.45) is 0 Å². The summed E-state index contributed by atoms with van der Waals surface area (Å²) < 4.78 is 7.87. The van der Waals surface area contributed by atoms with Gasteiger partial charge in [-0.15, -0.1) is 0 Å². The number of halogens is 1. The molecule has 0 bridgehead atoms. The van der Waals surface area contributed by atoms with Gasteiger partial charge in [-0.25, -0.2) is 0 Å². The molecular weight excluding hydrogens is 494 g/mol. The van der Waals surface area contributed by atoms with Crippen LogP contribution in [0, 0.1) is 13.8 Å². The highest BCUT2D eigenvalue weighted by Crippen LogP contribution is 2.46. The van der Waals surface area contributed by atoms with Gasteiger partial charge < -0.3 is 24.6 Å². The van der Waals surface area contributed by atoms with Gasteiger partial charge in [-0.2, -0.15) is 0 Å². The number of benzene rings is 1. The van der Waals surface area contributed by atoms with Crippen LogP contribution in [0.25, 0.3) is 0 Å². The lowest BCUT2D eigenvalue weighted by Gasteiger charge is -2.29. The van der Waals surface area contributed by atoms with Crippen LogP contribution in [-0.2, 0) is 11.3 Å². The number of aromatic nitrogens is 2. The topological polar surface area (TPSA) is 65.8 Å². The molecule has 2 atom stereocenters. The third-order valence-electron chi connectivity index (χ3n) is 7.19. The molecule has 4 heterocycles. The van der Waals surface area contributed by atoms with Gasteiger partial charge in [0.15, 0.2) is 5.11 Å². The van der Waals surface area contributed by atoms with Gasteiger partial charge in [-0.3, -0.25) is 9.88 Å². The first kappa shape index (κ1) is 25.0. The summed E-state index contributed by atoms with van der Waals surface area (Å²) in [6.07, 6.45) is 2.87. The number of rotatable bonds is 7. The van der Waals surface area contributed by atoms with Crippen molar-refractivity contribution < 1.29 is 9.84 Å². The molecule has 2 saturated heterocycles. The maximum atomic E-state index is 10.8. The fraction of sp³-hybridized carbons (Fsp3) is 0.407. The second-order valence-corrected chi connectivity index (χ2v) is 10.2. The minimum Gasteiger partial charge on any atom is -0.506 e. The number of hydrogen-bond donors (Lipinski definition) is 2. The molecule has 2 aliphatic heterocycles. The summed E-state index contributed by atoms with van der Waals surface area (Å²) in [5.74, 6) is 0.134. The second-order valence-electron chi connectivity index (χ2n) is 9.42. The molecule has 0 saturated carbocycles. The Morgan fingerprint density at radius 1 is 1.14 bits per heavy atom. The number of phenolic OH excluding ortho intramolecular Hbond substituents is 1. The molecule has 0 aliphatic carbocycles. The fourth-order valence-corrected chi connectivity index (χ4v) is 5.87. The normalized spacial score (nSPS) is 20.6. The Hall–Kier alpha value is -2.65. The van der Waals surface area contributed by atoms with Crippen LogP contribution in [0.1, 0.15) is 41.1 Å². The molecule has 0 unspecified atom stereocenters. The van der Waals surface area contributed by atoms with Crippen LogP contribution in [0.4, 0.5) is 5.69 Å². The SMILES string of the molecule is Cc1cc([C@@H]2[C@@H](c3ccccn3)NC(=S)N2c2cc(Cl)ccc2O)c(C)n1CCCN1CCOCC1. The van der Waals surface area contributed by atoms with Crippen molar-refractivity contribution in [3.8, 4) is 5.75 Å². The van der Waals surface area contributed by atoms with Gasteiger partial charge in [0.1, 0.15) is 5.75 Å². The van der Waals surface area contributed by atoms with Crippen molar-refractivity contribution in [3.05, 3.63) is 76.3 Å². The Bertz CT molecular complexity index is 1230. The standard InChI is InChI=1S/C27H32ClN5O2S/c1-18-16-21(19(2)32(18)11-5-10-31-12-14-35-15-13-31)26-25(22-6-3-4-9-29-22)30-27(36)33(26)23-17-20(28)7-8-24(23)34/h3-4,6-9,16-17,25-26,34H,5,10-15H2,1-2H3,(H,30,36)/t25-,26-/m1/s1. The largest absolute Gasteiger partial charge is 0.506 e. The van der Waals surface area contributed by atoms with Crippen LogP contribution in [0.5, 0.6) is 5.75 Å². The van der Waals surface area contributed by atoms with Crippen molar-refractivity contribution in [1.29, 1.82) is 0 Å². The zero-order valence-corrected chi connectivity index (χ0v) is 22.2. The van der Waals surface area contributed by atoms with E-state index in [2.05, 4.69) is 39.7 Å². The number of phenols is 1. The lowest BCUT2D eigenvalue weighted by molar-refractivity contribution is 0.0369. The molecule has 36 heavy (non-hydrogen) atoms. The molecule has 2 N–H and O–H groups in total. The predicted molar refractivity (Wildman–Crippen MR) is 147 cm³/mol. The van der Waals surface area contributed by atoms with E-state index in [-0.39, 0.29) is 17.8 Å². The molecule has 9 heteroatoms.